The Labute approximate surface area is 125 Å². The van der Waals surface area contributed by atoms with Gasteiger partial charge in [0.15, 0.2) is 11.5 Å². The van der Waals surface area contributed by atoms with E-state index < -0.39 is 0 Å². The molecule has 20 heavy (non-hydrogen) atoms. The van der Waals surface area contributed by atoms with Crippen molar-refractivity contribution in [2.75, 3.05) is 17.9 Å². The Morgan fingerprint density at radius 1 is 1.30 bits per heavy atom. The lowest BCUT2D eigenvalue weighted by molar-refractivity contribution is -0.113. The highest BCUT2D eigenvalue weighted by Gasteiger charge is 2.14. The molecule has 0 unspecified atom stereocenters. The van der Waals surface area contributed by atoms with Gasteiger partial charge in [-0.15, -0.1) is 23.1 Å². The van der Waals surface area contributed by atoms with Crippen LogP contribution in [0.15, 0.2) is 35.7 Å². The highest BCUT2D eigenvalue weighted by molar-refractivity contribution is 7.99. The molecule has 1 amide bonds. The maximum atomic E-state index is 11.8. The van der Waals surface area contributed by atoms with Gasteiger partial charge in [-0.2, -0.15) is 0 Å². The Morgan fingerprint density at radius 3 is 3.05 bits per heavy atom. The Bertz CT molecular complexity index is 598. The zero-order valence-electron chi connectivity index (χ0n) is 10.6. The molecular weight excluding hydrogens is 294 g/mol. The molecule has 0 saturated heterocycles. The van der Waals surface area contributed by atoms with Gasteiger partial charge in [0.25, 0.3) is 0 Å². The van der Waals surface area contributed by atoms with Gasteiger partial charge in [-0.25, -0.2) is 0 Å². The lowest BCUT2D eigenvalue weighted by Gasteiger charge is -2.05. The van der Waals surface area contributed by atoms with Crippen LogP contribution >= 0.6 is 23.1 Å². The molecule has 0 saturated carbocycles. The molecule has 2 aromatic rings. The van der Waals surface area contributed by atoms with Crippen molar-refractivity contribution in [2.24, 2.45) is 0 Å². The fraction of sp³-hybridized carbons (Fsp3) is 0.214. The topological polar surface area (TPSA) is 47.6 Å². The molecule has 1 aliphatic heterocycles. The molecule has 1 aromatic carbocycles. The van der Waals surface area contributed by atoms with Crippen LogP contribution in [0.25, 0.3) is 0 Å². The third-order valence-electron chi connectivity index (χ3n) is 2.71. The van der Waals surface area contributed by atoms with Gasteiger partial charge in [-0.1, -0.05) is 6.07 Å². The van der Waals surface area contributed by atoms with E-state index in [-0.39, 0.29) is 12.7 Å². The van der Waals surface area contributed by atoms with Gasteiger partial charge in [0.05, 0.1) is 5.75 Å². The lowest BCUT2D eigenvalue weighted by Crippen LogP contribution is -2.14. The zero-order chi connectivity index (χ0) is 13.8. The summed E-state index contributed by atoms with van der Waals surface area (Å²) in [4.78, 5) is 13.1. The molecule has 1 aromatic heterocycles. The normalized spacial score (nSPS) is 12.4. The molecule has 3 rings (SSSR count). The molecule has 0 atom stereocenters. The third-order valence-corrected chi connectivity index (χ3v) is 4.75. The monoisotopic (exact) mass is 307 g/mol. The molecule has 0 aliphatic carbocycles. The van der Waals surface area contributed by atoms with Crippen LogP contribution in [0.4, 0.5) is 5.69 Å². The van der Waals surface area contributed by atoms with E-state index in [1.165, 1.54) is 4.88 Å². The van der Waals surface area contributed by atoms with Crippen molar-refractivity contribution in [2.45, 2.75) is 5.75 Å². The fourth-order valence-electron chi connectivity index (χ4n) is 1.81. The summed E-state index contributed by atoms with van der Waals surface area (Å²) in [7, 11) is 0. The number of amides is 1. The largest absolute Gasteiger partial charge is 0.454 e. The minimum atomic E-state index is -0.00887. The van der Waals surface area contributed by atoms with Crippen LogP contribution in [0.1, 0.15) is 4.88 Å². The van der Waals surface area contributed by atoms with Gasteiger partial charge < -0.3 is 14.8 Å². The number of carbonyl (C=O) groups excluding carboxylic acids is 1. The zero-order valence-corrected chi connectivity index (χ0v) is 12.3. The number of fused-ring (bicyclic) bond motifs is 1. The minimum Gasteiger partial charge on any atom is -0.454 e. The fourth-order valence-corrected chi connectivity index (χ4v) is 3.48. The van der Waals surface area contributed by atoms with Gasteiger partial charge in [-0.3, -0.25) is 4.79 Å². The first-order chi connectivity index (χ1) is 9.81. The standard InChI is InChI=1S/C14H13NO3S2/c16-14(8-19-7-11-2-1-5-20-11)15-10-3-4-12-13(6-10)18-9-17-12/h1-6H,7-9H2,(H,15,16). The lowest BCUT2D eigenvalue weighted by atomic mass is 10.3. The first kappa shape index (κ1) is 13.3. The number of carbonyl (C=O) groups is 1. The van der Waals surface area contributed by atoms with Crippen molar-refractivity contribution in [3.8, 4) is 11.5 Å². The Morgan fingerprint density at radius 2 is 2.20 bits per heavy atom. The summed E-state index contributed by atoms with van der Waals surface area (Å²) in [6.07, 6.45) is 0. The summed E-state index contributed by atoms with van der Waals surface area (Å²) in [5.41, 5.74) is 0.732. The smallest absolute Gasteiger partial charge is 0.234 e. The highest BCUT2D eigenvalue weighted by atomic mass is 32.2. The van der Waals surface area contributed by atoms with Crippen LogP contribution in [0.2, 0.25) is 0 Å². The molecule has 0 spiro atoms. The third kappa shape index (κ3) is 3.26. The SMILES string of the molecule is O=C(CSCc1cccs1)Nc1ccc2c(c1)OCO2. The molecular formula is C14H13NO3S2. The van der Waals surface area contributed by atoms with Crippen LogP contribution in [0, 0.1) is 0 Å². The average molecular weight is 307 g/mol. The molecule has 2 heterocycles. The number of thioether (sulfide) groups is 1. The van der Waals surface area contributed by atoms with Gasteiger partial charge in [0, 0.05) is 22.4 Å². The van der Waals surface area contributed by atoms with Crippen molar-refractivity contribution in [3.63, 3.8) is 0 Å². The second kappa shape index (κ2) is 6.19. The number of rotatable bonds is 5. The number of benzene rings is 1. The van der Waals surface area contributed by atoms with Crippen molar-refractivity contribution in [3.05, 3.63) is 40.6 Å². The van der Waals surface area contributed by atoms with Crippen LogP contribution in [0.3, 0.4) is 0 Å². The van der Waals surface area contributed by atoms with Gasteiger partial charge in [0.1, 0.15) is 0 Å². The molecule has 0 bridgehead atoms. The number of hydrogen-bond donors (Lipinski definition) is 1. The van der Waals surface area contributed by atoms with Crippen LogP contribution in [-0.2, 0) is 10.5 Å². The highest BCUT2D eigenvalue weighted by Crippen LogP contribution is 2.34. The first-order valence-electron chi connectivity index (χ1n) is 6.11. The minimum absolute atomic E-state index is 0.00887. The van der Waals surface area contributed by atoms with Crippen molar-refractivity contribution in [1.82, 2.24) is 0 Å². The average Bonchev–Trinajstić information content (AvgIpc) is 3.08. The molecule has 0 radical (unpaired) electrons. The first-order valence-corrected chi connectivity index (χ1v) is 8.14. The van der Waals surface area contributed by atoms with Gasteiger partial charge >= 0.3 is 0 Å². The maximum absolute atomic E-state index is 11.8. The predicted molar refractivity (Wildman–Crippen MR) is 81.7 cm³/mol. The van der Waals surface area contributed by atoms with E-state index in [2.05, 4.69) is 11.4 Å². The molecule has 0 fully saturated rings. The van der Waals surface area contributed by atoms with Crippen molar-refractivity contribution in [1.29, 1.82) is 0 Å². The second-order valence-corrected chi connectivity index (χ2v) is 6.21. The van der Waals surface area contributed by atoms with E-state index in [0.717, 1.165) is 17.2 Å². The van der Waals surface area contributed by atoms with E-state index in [0.29, 0.717) is 11.5 Å². The summed E-state index contributed by atoms with van der Waals surface area (Å²) in [5, 5.41) is 4.90. The summed E-state index contributed by atoms with van der Waals surface area (Å²) in [6.45, 7) is 0.239. The van der Waals surface area contributed by atoms with E-state index in [9.17, 15) is 4.79 Å². The number of hydrogen-bond acceptors (Lipinski definition) is 5. The van der Waals surface area contributed by atoms with Gasteiger partial charge in [-0.05, 0) is 23.6 Å². The quantitative estimate of drug-likeness (QED) is 0.920. The van der Waals surface area contributed by atoms with Crippen molar-refractivity contribution >= 4 is 34.7 Å². The number of ether oxygens (including phenoxy) is 2. The molecule has 4 nitrogen and oxygen atoms in total. The summed E-state index contributed by atoms with van der Waals surface area (Å²) < 4.78 is 10.5. The van der Waals surface area contributed by atoms with Crippen LogP contribution in [-0.4, -0.2) is 18.5 Å². The second-order valence-electron chi connectivity index (χ2n) is 4.19. The Balaban J connectivity index is 1.49. The number of nitrogens with one attached hydrogen (secondary N) is 1. The maximum Gasteiger partial charge on any atom is 0.234 e. The molecule has 1 aliphatic rings. The summed E-state index contributed by atoms with van der Waals surface area (Å²) in [5.74, 6) is 2.69. The van der Waals surface area contributed by atoms with E-state index >= 15 is 0 Å². The van der Waals surface area contributed by atoms with Crippen molar-refractivity contribution < 1.29 is 14.3 Å². The number of thiophene rings is 1. The van der Waals surface area contributed by atoms with E-state index in [1.807, 2.05) is 17.5 Å². The number of anilines is 1. The molecule has 1 N–H and O–H groups in total. The van der Waals surface area contributed by atoms with Gasteiger partial charge in [0.2, 0.25) is 12.7 Å². The Hall–Kier alpha value is -1.66. The summed E-state index contributed by atoms with van der Waals surface area (Å²) in [6, 6.07) is 9.50. The predicted octanol–water partition coefficient (Wildman–Crippen LogP) is 3.35. The van der Waals surface area contributed by atoms with Crippen LogP contribution in [0.5, 0.6) is 11.5 Å². The Kier molecular flexibility index (Phi) is 4.13. The molecule has 104 valence electrons. The summed E-state index contributed by atoms with van der Waals surface area (Å²) >= 11 is 3.32. The van der Waals surface area contributed by atoms with E-state index in [1.54, 1.807) is 35.2 Å². The molecule has 6 heteroatoms. The van der Waals surface area contributed by atoms with E-state index in [4.69, 9.17) is 9.47 Å². The van der Waals surface area contributed by atoms with Crippen LogP contribution < -0.4 is 14.8 Å².